The molecule has 5 heteroatoms. The van der Waals surface area contributed by atoms with Crippen molar-refractivity contribution in [1.82, 2.24) is 4.90 Å². The summed E-state index contributed by atoms with van der Waals surface area (Å²) >= 11 is 6.17. The minimum Gasteiger partial charge on any atom is -0.370 e. The van der Waals surface area contributed by atoms with Crippen molar-refractivity contribution in [1.29, 1.82) is 0 Å². The number of halogens is 2. The number of hydrogen-bond donors (Lipinski definition) is 1. The fourth-order valence-corrected chi connectivity index (χ4v) is 3.48. The van der Waals surface area contributed by atoms with Crippen LogP contribution in [0.4, 0.5) is 4.39 Å². The Morgan fingerprint density at radius 3 is 2.74 bits per heavy atom. The third-order valence-corrected chi connectivity index (χ3v) is 4.41. The number of nitrogens with zero attached hydrogens (tertiary/aromatic N) is 2. The molecule has 0 radical (unpaired) electrons. The standard InChI is InChI=1S/C14H17ClFN3/c15-10-6-3-7-11(16)13(10)12-8-18-14(17)19(12)9-4-1-2-5-9/h3,6-7,9,12H,1-2,4-5,8H2,(H2,17,18). The maximum absolute atomic E-state index is 14.1. The molecule has 0 bridgehead atoms. The zero-order valence-electron chi connectivity index (χ0n) is 10.6. The van der Waals surface area contributed by atoms with Gasteiger partial charge >= 0.3 is 0 Å². The van der Waals surface area contributed by atoms with Gasteiger partial charge in [-0.25, -0.2) is 4.39 Å². The Bertz CT molecular complexity index is 491. The van der Waals surface area contributed by atoms with Gasteiger partial charge in [-0.1, -0.05) is 30.5 Å². The van der Waals surface area contributed by atoms with Crippen LogP contribution in [-0.2, 0) is 0 Å². The first-order valence-corrected chi connectivity index (χ1v) is 7.08. The largest absolute Gasteiger partial charge is 0.370 e. The van der Waals surface area contributed by atoms with E-state index in [0.29, 0.717) is 29.1 Å². The summed E-state index contributed by atoms with van der Waals surface area (Å²) < 4.78 is 14.1. The van der Waals surface area contributed by atoms with Gasteiger partial charge in [0, 0.05) is 16.6 Å². The molecular weight excluding hydrogens is 265 g/mol. The molecule has 1 aromatic carbocycles. The molecule has 2 N–H and O–H groups in total. The van der Waals surface area contributed by atoms with Crippen molar-refractivity contribution in [2.24, 2.45) is 10.7 Å². The van der Waals surface area contributed by atoms with Crippen LogP contribution in [0.3, 0.4) is 0 Å². The van der Waals surface area contributed by atoms with Gasteiger partial charge in [0.15, 0.2) is 5.96 Å². The number of benzene rings is 1. The lowest BCUT2D eigenvalue weighted by molar-refractivity contribution is 0.257. The van der Waals surface area contributed by atoms with E-state index in [0.717, 1.165) is 12.8 Å². The smallest absolute Gasteiger partial charge is 0.192 e. The predicted octanol–water partition coefficient (Wildman–Crippen LogP) is 3.09. The molecule has 1 aromatic rings. The van der Waals surface area contributed by atoms with Crippen molar-refractivity contribution in [3.8, 4) is 0 Å². The molecule has 1 atom stereocenters. The van der Waals surface area contributed by atoms with Crippen LogP contribution in [0.25, 0.3) is 0 Å². The highest BCUT2D eigenvalue weighted by atomic mass is 35.5. The molecule has 1 heterocycles. The third-order valence-electron chi connectivity index (χ3n) is 4.08. The second-order valence-corrected chi connectivity index (χ2v) is 5.60. The molecule has 1 aliphatic carbocycles. The minimum absolute atomic E-state index is 0.156. The fraction of sp³-hybridized carbons (Fsp3) is 0.500. The van der Waals surface area contributed by atoms with Gasteiger partial charge in [0.25, 0.3) is 0 Å². The molecule has 0 aromatic heterocycles. The quantitative estimate of drug-likeness (QED) is 0.905. The summed E-state index contributed by atoms with van der Waals surface area (Å²) in [5, 5.41) is 0.456. The van der Waals surface area contributed by atoms with Crippen molar-refractivity contribution in [2.75, 3.05) is 6.54 Å². The summed E-state index contributed by atoms with van der Waals surface area (Å²) in [7, 11) is 0. The fourth-order valence-electron chi connectivity index (χ4n) is 3.19. The Kier molecular flexibility index (Phi) is 3.35. The molecule has 2 aliphatic rings. The van der Waals surface area contributed by atoms with Crippen LogP contribution >= 0.6 is 11.6 Å². The Balaban J connectivity index is 1.95. The molecule has 1 saturated carbocycles. The second-order valence-electron chi connectivity index (χ2n) is 5.20. The molecule has 0 saturated heterocycles. The van der Waals surface area contributed by atoms with E-state index in [1.807, 2.05) is 0 Å². The summed E-state index contributed by atoms with van der Waals surface area (Å²) in [6.45, 7) is 0.489. The van der Waals surface area contributed by atoms with Crippen molar-refractivity contribution >= 4 is 17.6 Å². The lowest BCUT2D eigenvalue weighted by Crippen LogP contribution is -2.42. The zero-order valence-corrected chi connectivity index (χ0v) is 11.4. The molecule has 1 aliphatic heterocycles. The minimum atomic E-state index is -0.273. The average Bonchev–Trinajstić information content (AvgIpc) is 2.99. The Morgan fingerprint density at radius 1 is 1.32 bits per heavy atom. The molecule has 1 fully saturated rings. The highest BCUT2D eigenvalue weighted by molar-refractivity contribution is 6.31. The molecular formula is C14H17ClFN3. The van der Waals surface area contributed by atoms with Crippen LogP contribution in [0.15, 0.2) is 23.2 Å². The first-order valence-electron chi connectivity index (χ1n) is 6.70. The van der Waals surface area contributed by atoms with E-state index in [9.17, 15) is 4.39 Å². The second kappa shape index (κ2) is 5.00. The number of guanidine groups is 1. The number of aliphatic imine (C=N–C) groups is 1. The molecule has 0 amide bonds. The van der Waals surface area contributed by atoms with Gasteiger partial charge in [-0.3, -0.25) is 4.99 Å². The normalized spacial score (nSPS) is 24.0. The van der Waals surface area contributed by atoms with Crippen LogP contribution in [0.5, 0.6) is 0 Å². The number of rotatable bonds is 2. The summed E-state index contributed by atoms with van der Waals surface area (Å²) in [5.74, 6) is 0.251. The zero-order chi connectivity index (χ0) is 13.4. The number of nitrogens with two attached hydrogens (primary N) is 1. The van der Waals surface area contributed by atoms with Crippen molar-refractivity contribution in [2.45, 2.75) is 37.8 Å². The molecule has 3 nitrogen and oxygen atoms in total. The van der Waals surface area contributed by atoms with Crippen LogP contribution in [0.2, 0.25) is 5.02 Å². The van der Waals surface area contributed by atoms with Gasteiger partial charge in [0.2, 0.25) is 0 Å². The van der Waals surface area contributed by atoms with Crippen LogP contribution in [0.1, 0.15) is 37.3 Å². The van der Waals surface area contributed by atoms with Gasteiger partial charge in [-0.2, -0.15) is 0 Å². The summed E-state index contributed by atoms with van der Waals surface area (Å²) in [4.78, 5) is 6.36. The van der Waals surface area contributed by atoms with Crippen LogP contribution in [-0.4, -0.2) is 23.4 Å². The summed E-state index contributed by atoms with van der Waals surface area (Å²) in [6.07, 6.45) is 4.59. The Labute approximate surface area is 117 Å². The SMILES string of the molecule is NC1=NCC(c2c(F)cccc2Cl)N1C1CCCC1. The van der Waals surface area contributed by atoms with E-state index in [1.54, 1.807) is 12.1 Å². The first-order chi connectivity index (χ1) is 9.18. The maximum atomic E-state index is 14.1. The van der Waals surface area contributed by atoms with E-state index in [1.165, 1.54) is 18.9 Å². The van der Waals surface area contributed by atoms with Gasteiger partial charge in [0.05, 0.1) is 12.6 Å². The molecule has 102 valence electrons. The lowest BCUT2D eigenvalue weighted by Gasteiger charge is -2.32. The van der Waals surface area contributed by atoms with Crippen LogP contribution in [0, 0.1) is 5.82 Å². The molecule has 0 spiro atoms. The highest BCUT2D eigenvalue weighted by Crippen LogP contribution is 2.37. The third kappa shape index (κ3) is 2.18. The van der Waals surface area contributed by atoms with Crippen molar-refractivity contribution in [3.63, 3.8) is 0 Å². The molecule has 19 heavy (non-hydrogen) atoms. The van der Waals surface area contributed by atoms with E-state index >= 15 is 0 Å². The van der Waals surface area contributed by atoms with Crippen molar-refractivity contribution < 1.29 is 4.39 Å². The Morgan fingerprint density at radius 2 is 2.05 bits per heavy atom. The highest BCUT2D eigenvalue weighted by Gasteiger charge is 2.36. The van der Waals surface area contributed by atoms with Crippen molar-refractivity contribution in [3.05, 3.63) is 34.6 Å². The monoisotopic (exact) mass is 281 g/mol. The van der Waals surface area contributed by atoms with Gasteiger partial charge in [0.1, 0.15) is 5.82 Å². The van der Waals surface area contributed by atoms with Crippen LogP contribution < -0.4 is 5.73 Å². The number of hydrogen-bond acceptors (Lipinski definition) is 3. The maximum Gasteiger partial charge on any atom is 0.192 e. The summed E-state index contributed by atoms with van der Waals surface area (Å²) in [6, 6.07) is 5.01. The lowest BCUT2D eigenvalue weighted by atomic mass is 10.0. The molecule has 3 rings (SSSR count). The van der Waals surface area contributed by atoms with Gasteiger partial charge < -0.3 is 10.6 Å². The topological polar surface area (TPSA) is 41.6 Å². The van der Waals surface area contributed by atoms with E-state index in [-0.39, 0.29) is 11.9 Å². The van der Waals surface area contributed by atoms with Gasteiger partial charge in [-0.15, -0.1) is 0 Å². The van der Waals surface area contributed by atoms with E-state index in [2.05, 4.69) is 9.89 Å². The first kappa shape index (κ1) is 12.7. The predicted molar refractivity (Wildman–Crippen MR) is 74.7 cm³/mol. The van der Waals surface area contributed by atoms with E-state index < -0.39 is 0 Å². The summed E-state index contributed by atoms with van der Waals surface area (Å²) in [5.41, 5.74) is 6.53. The van der Waals surface area contributed by atoms with E-state index in [4.69, 9.17) is 17.3 Å². The van der Waals surface area contributed by atoms with Gasteiger partial charge in [-0.05, 0) is 25.0 Å². The average molecular weight is 282 g/mol. The molecule has 1 unspecified atom stereocenters. The Hall–Kier alpha value is -1.29.